The first-order chi connectivity index (χ1) is 8.59. The average Bonchev–Trinajstić information content (AvgIpc) is 2.35. The van der Waals surface area contributed by atoms with Crippen molar-refractivity contribution in [1.29, 1.82) is 0 Å². The molecule has 0 aliphatic rings. The van der Waals surface area contributed by atoms with Gasteiger partial charge in [-0.15, -0.1) is 0 Å². The van der Waals surface area contributed by atoms with Gasteiger partial charge in [-0.1, -0.05) is 13.8 Å². The molecule has 1 atom stereocenters. The van der Waals surface area contributed by atoms with E-state index < -0.39 is 0 Å². The molecule has 0 aromatic carbocycles. The minimum Gasteiger partial charge on any atom is -0.350 e. The second-order valence-corrected chi connectivity index (χ2v) is 4.78. The summed E-state index contributed by atoms with van der Waals surface area (Å²) in [5, 5.41) is 6.29. The zero-order valence-corrected chi connectivity index (χ0v) is 11.4. The normalized spacial score (nSPS) is 12.4. The smallest absolute Gasteiger partial charge is 0.220 e. The van der Waals surface area contributed by atoms with E-state index in [2.05, 4.69) is 29.5 Å². The number of aromatic nitrogens is 1. The van der Waals surface area contributed by atoms with E-state index in [4.69, 9.17) is 0 Å². The fourth-order valence-electron chi connectivity index (χ4n) is 1.69. The van der Waals surface area contributed by atoms with Gasteiger partial charge in [-0.2, -0.15) is 0 Å². The van der Waals surface area contributed by atoms with Gasteiger partial charge in [0.25, 0.3) is 0 Å². The van der Waals surface area contributed by atoms with Crippen LogP contribution in [0.4, 0.5) is 0 Å². The van der Waals surface area contributed by atoms with Crippen LogP contribution in [-0.4, -0.2) is 23.5 Å². The largest absolute Gasteiger partial charge is 0.350 e. The van der Waals surface area contributed by atoms with E-state index in [1.54, 1.807) is 12.4 Å². The first kappa shape index (κ1) is 14.6. The van der Waals surface area contributed by atoms with E-state index in [-0.39, 0.29) is 11.9 Å². The molecule has 1 aromatic rings. The van der Waals surface area contributed by atoms with Gasteiger partial charge in [0, 0.05) is 24.9 Å². The van der Waals surface area contributed by atoms with Gasteiger partial charge in [0.15, 0.2) is 0 Å². The van der Waals surface area contributed by atoms with Crippen LogP contribution in [0.25, 0.3) is 0 Å². The van der Waals surface area contributed by atoms with Crippen LogP contribution in [0.3, 0.4) is 0 Å². The summed E-state index contributed by atoms with van der Waals surface area (Å²) in [5.41, 5.74) is 1.08. The third-order valence-electron chi connectivity index (χ3n) is 2.72. The van der Waals surface area contributed by atoms with Crippen molar-refractivity contribution >= 4 is 5.91 Å². The van der Waals surface area contributed by atoms with E-state index in [0.29, 0.717) is 12.5 Å². The second kappa shape index (κ2) is 7.82. The molecule has 0 aliphatic carbocycles. The number of hydrogen-bond donors (Lipinski definition) is 2. The lowest BCUT2D eigenvalue weighted by Gasteiger charge is -2.14. The number of amides is 1. The molecule has 0 bridgehead atoms. The van der Waals surface area contributed by atoms with Crippen molar-refractivity contribution in [2.45, 2.75) is 45.7 Å². The molecule has 1 unspecified atom stereocenters. The van der Waals surface area contributed by atoms with Gasteiger partial charge in [0.05, 0.1) is 6.04 Å². The van der Waals surface area contributed by atoms with E-state index in [1.807, 2.05) is 19.1 Å². The molecule has 0 spiro atoms. The summed E-state index contributed by atoms with van der Waals surface area (Å²) >= 11 is 0. The fourth-order valence-corrected chi connectivity index (χ4v) is 1.69. The summed E-state index contributed by atoms with van der Waals surface area (Å²) in [6.07, 6.45) is 4.91. The summed E-state index contributed by atoms with van der Waals surface area (Å²) in [4.78, 5) is 15.7. The van der Waals surface area contributed by atoms with Gasteiger partial charge in [0.2, 0.25) is 5.91 Å². The molecule has 0 fully saturated rings. The molecule has 100 valence electrons. The Morgan fingerprint density at radius 3 is 2.56 bits per heavy atom. The Morgan fingerprint density at radius 1 is 1.28 bits per heavy atom. The lowest BCUT2D eigenvalue weighted by molar-refractivity contribution is -0.121. The first-order valence-electron chi connectivity index (χ1n) is 6.52. The molecule has 4 nitrogen and oxygen atoms in total. The molecule has 0 saturated carbocycles. The molecular weight excluding hydrogens is 226 g/mol. The monoisotopic (exact) mass is 249 g/mol. The zero-order valence-electron chi connectivity index (χ0n) is 11.4. The molecule has 1 amide bonds. The summed E-state index contributed by atoms with van der Waals surface area (Å²) in [6, 6.07) is 4.36. The van der Waals surface area contributed by atoms with Gasteiger partial charge in [-0.25, -0.2) is 0 Å². The van der Waals surface area contributed by atoms with Crippen molar-refractivity contribution in [2.24, 2.45) is 0 Å². The Labute approximate surface area is 109 Å². The van der Waals surface area contributed by atoms with Crippen LogP contribution in [0, 0.1) is 0 Å². The lowest BCUT2D eigenvalue weighted by Crippen LogP contribution is -2.28. The number of pyridine rings is 1. The van der Waals surface area contributed by atoms with Crippen LogP contribution in [0.15, 0.2) is 24.5 Å². The maximum atomic E-state index is 11.7. The summed E-state index contributed by atoms with van der Waals surface area (Å²) in [6.45, 7) is 7.07. The molecule has 0 radical (unpaired) electrons. The molecule has 1 heterocycles. The van der Waals surface area contributed by atoms with Gasteiger partial charge in [0.1, 0.15) is 0 Å². The molecular formula is C14H23N3O. The number of carbonyl (C=O) groups excluding carboxylic acids is 1. The Hall–Kier alpha value is -1.42. The predicted octanol–water partition coefficient (Wildman–Crippen LogP) is 2.04. The van der Waals surface area contributed by atoms with Crippen molar-refractivity contribution in [1.82, 2.24) is 15.6 Å². The predicted molar refractivity (Wildman–Crippen MR) is 73.2 cm³/mol. The highest BCUT2D eigenvalue weighted by molar-refractivity contribution is 5.76. The van der Waals surface area contributed by atoms with E-state index in [9.17, 15) is 4.79 Å². The molecule has 0 saturated heterocycles. The summed E-state index contributed by atoms with van der Waals surface area (Å²) < 4.78 is 0. The van der Waals surface area contributed by atoms with E-state index in [0.717, 1.165) is 18.5 Å². The quantitative estimate of drug-likeness (QED) is 0.727. The average molecular weight is 249 g/mol. The Bertz CT molecular complexity index is 351. The third-order valence-corrected chi connectivity index (χ3v) is 2.72. The van der Waals surface area contributed by atoms with Crippen molar-refractivity contribution in [3.05, 3.63) is 30.1 Å². The van der Waals surface area contributed by atoms with E-state index in [1.165, 1.54) is 0 Å². The number of hydrogen-bond acceptors (Lipinski definition) is 3. The standard InChI is InChI=1S/C14H23N3O/c1-11(2)16-8-4-5-14(18)17-12(3)13-6-9-15-10-7-13/h6-7,9-12,16H,4-5,8H2,1-3H3,(H,17,18). The SMILES string of the molecule is CC(C)NCCCC(=O)NC(C)c1ccncc1. The molecule has 18 heavy (non-hydrogen) atoms. The Balaban J connectivity index is 2.24. The number of nitrogens with one attached hydrogen (secondary N) is 2. The molecule has 1 aromatic heterocycles. The molecule has 0 aliphatic heterocycles. The van der Waals surface area contributed by atoms with Crippen LogP contribution in [-0.2, 0) is 4.79 Å². The van der Waals surface area contributed by atoms with Gasteiger partial charge in [-0.3, -0.25) is 9.78 Å². The first-order valence-corrected chi connectivity index (χ1v) is 6.52. The molecule has 4 heteroatoms. The Kier molecular flexibility index (Phi) is 6.36. The molecule has 1 rings (SSSR count). The third kappa shape index (κ3) is 5.77. The lowest BCUT2D eigenvalue weighted by atomic mass is 10.1. The van der Waals surface area contributed by atoms with Crippen LogP contribution in [0.2, 0.25) is 0 Å². The summed E-state index contributed by atoms with van der Waals surface area (Å²) in [5.74, 6) is 0.102. The number of rotatable bonds is 7. The van der Waals surface area contributed by atoms with Crippen molar-refractivity contribution < 1.29 is 4.79 Å². The van der Waals surface area contributed by atoms with Crippen LogP contribution in [0.1, 0.15) is 45.2 Å². The van der Waals surface area contributed by atoms with Gasteiger partial charge >= 0.3 is 0 Å². The minimum absolute atomic E-state index is 0.0403. The van der Waals surface area contributed by atoms with Crippen LogP contribution < -0.4 is 10.6 Å². The van der Waals surface area contributed by atoms with Crippen molar-refractivity contribution in [3.8, 4) is 0 Å². The van der Waals surface area contributed by atoms with E-state index >= 15 is 0 Å². The number of carbonyl (C=O) groups is 1. The summed E-state index contributed by atoms with van der Waals surface area (Å²) in [7, 11) is 0. The highest BCUT2D eigenvalue weighted by atomic mass is 16.1. The highest BCUT2D eigenvalue weighted by Gasteiger charge is 2.08. The maximum absolute atomic E-state index is 11.7. The van der Waals surface area contributed by atoms with Gasteiger partial charge < -0.3 is 10.6 Å². The van der Waals surface area contributed by atoms with Crippen LogP contribution >= 0.6 is 0 Å². The topological polar surface area (TPSA) is 54.0 Å². The van der Waals surface area contributed by atoms with Crippen molar-refractivity contribution in [3.63, 3.8) is 0 Å². The minimum atomic E-state index is 0.0403. The molecule has 2 N–H and O–H groups in total. The second-order valence-electron chi connectivity index (χ2n) is 4.78. The van der Waals surface area contributed by atoms with Crippen molar-refractivity contribution in [2.75, 3.05) is 6.54 Å². The zero-order chi connectivity index (χ0) is 13.4. The van der Waals surface area contributed by atoms with Crippen LogP contribution in [0.5, 0.6) is 0 Å². The van der Waals surface area contributed by atoms with Gasteiger partial charge in [-0.05, 0) is 37.6 Å². The number of nitrogens with zero attached hydrogens (tertiary/aromatic N) is 1. The highest BCUT2D eigenvalue weighted by Crippen LogP contribution is 2.10. The maximum Gasteiger partial charge on any atom is 0.220 e. The fraction of sp³-hybridized carbons (Fsp3) is 0.571. The Morgan fingerprint density at radius 2 is 1.94 bits per heavy atom.